The number of benzene rings is 1. The van der Waals surface area contributed by atoms with Gasteiger partial charge in [0.25, 0.3) is 0 Å². The Bertz CT molecular complexity index is 430. The maximum absolute atomic E-state index is 12.6. The smallest absolute Gasteiger partial charge is 0.394 e. The van der Waals surface area contributed by atoms with Crippen LogP contribution in [0.2, 0.25) is 0 Å². The Kier molecular flexibility index (Phi) is 2.81. The molecule has 0 radical (unpaired) electrons. The highest BCUT2D eigenvalue weighted by molar-refractivity contribution is 5.57. The Morgan fingerprint density at radius 2 is 2.12 bits per heavy atom. The summed E-state index contributed by atoms with van der Waals surface area (Å²) in [4.78, 5) is 0. The molecule has 5 heteroatoms. The van der Waals surface area contributed by atoms with E-state index in [1.54, 1.807) is 6.92 Å². The van der Waals surface area contributed by atoms with Gasteiger partial charge in [0.05, 0.1) is 17.7 Å². The summed E-state index contributed by atoms with van der Waals surface area (Å²) < 4.78 is 37.7. The molecule has 0 fully saturated rings. The summed E-state index contributed by atoms with van der Waals surface area (Å²) in [6, 6.07) is 3.71. The minimum Gasteiger partial charge on any atom is -0.394 e. The Balaban J connectivity index is 2.36. The number of hydrogen-bond acceptors (Lipinski definition) is 2. The summed E-state index contributed by atoms with van der Waals surface area (Å²) in [6.45, 7) is 1.71. The standard InChI is InChI=1S/C12H14F3NO/c1-11(7-17)5-4-8-2-3-9(12(13,14)15)6-10(8)16-11/h2-3,6,16-17H,4-5,7H2,1H3. The highest BCUT2D eigenvalue weighted by Gasteiger charge is 2.33. The molecule has 1 aliphatic heterocycles. The van der Waals surface area contributed by atoms with Crippen LogP contribution in [-0.2, 0) is 12.6 Å². The van der Waals surface area contributed by atoms with Crippen molar-refractivity contribution in [1.29, 1.82) is 0 Å². The van der Waals surface area contributed by atoms with Gasteiger partial charge in [0, 0.05) is 5.69 Å². The van der Waals surface area contributed by atoms with Crippen molar-refractivity contribution >= 4 is 5.69 Å². The van der Waals surface area contributed by atoms with Crippen LogP contribution in [-0.4, -0.2) is 17.3 Å². The zero-order valence-electron chi connectivity index (χ0n) is 9.43. The highest BCUT2D eigenvalue weighted by atomic mass is 19.4. The van der Waals surface area contributed by atoms with Crippen LogP contribution < -0.4 is 5.32 Å². The summed E-state index contributed by atoms with van der Waals surface area (Å²) in [5, 5.41) is 12.2. The zero-order valence-corrected chi connectivity index (χ0v) is 9.43. The molecule has 1 aromatic carbocycles. The fourth-order valence-corrected chi connectivity index (χ4v) is 2.00. The van der Waals surface area contributed by atoms with Crippen molar-refractivity contribution in [2.75, 3.05) is 11.9 Å². The number of fused-ring (bicyclic) bond motifs is 1. The molecule has 2 N–H and O–H groups in total. The number of aliphatic hydroxyl groups excluding tert-OH is 1. The van der Waals surface area contributed by atoms with Gasteiger partial charge >= 0.3 is 6.18 Å². The predicted octanol–water partition coefficient (Wildman–Crippen LogP) is 2.81. The average molecular weight is 245 g/mol. The van der Waals surface area contributed by atoms with E-state index in [0.717, 1.165) is 17.7 Å². The van der Waals surface area contributed by atoms with Crippen molar-refractivity contribution in [3.05, 3.63) is 29.3 Å². The number of aliphatic hydroxyl groups is 1. The first kappa shape index (κ1) is 12.2. The van der Waals surface area contributed by atoms with Crippen LogP contribution in [0.5, 0.6) is 0 Å². The van der Waals surface area contributed by atoms with Gasteiger partial charge in [0.15, 0.2) is 0 Å². The maximum atomic E-state index is 12.6. The van der Waals surface area contributed by atoms with Gasteiger partial charge in [0.1, 0.15) is 0 Å². The second-order valence-electron chi connectivity index (χ2n) is 4.71. The van der Waals surface area contributed by atoms with E-state index in [2.05, 4.69) is 5.32 Å². The van der Waals surface area contributed by atoms with E-state index in [1.807, 2.05) is 0 Å². The molecule has 17 heavy (non-hydrogen) atoms. The molecular formula is C12H14F3NO. The molecule has 94 valence electrons. The van der Waals surface area contributed by atoms with Gasteiger partial charge in [-0.25, -0.2) is 0 Å². The van der Waals surface area contributed by atoms with E-state index in [1.165, 1.54) is 6.07 Å². The summed E-state index contributed by atoms with van der Waals surface area (Å²) in [7, 11) is 0. The Morgan fingerprint density at radius 3 is 2.71 bits per heavy atom. The number of rotatable bonds is 1. The Labute approximate surface area is 97.5 Å². The second-order valence-corrected chi connectivity index (χ2v) is 4.71. The lowest BCUT2D eigenvalue weighted by atomic mass is 9.88. The first-order chi connectivity index (χ1) is 7.84. The molecule has 0 bridgehead atoms. The fraction of sp³-hybridized carbons (Fsp3) is 0.500. The molecule has 1 heterocycles. The number of anilines is 1. The van der Waals surface area contributed by atoms with Crippen molar-refractivity contribution in [2.24, 2.45) is 0 Å². The largest absolute Gasteiger partial charge is 0.416 e. The molecule has 1 aliphatic rings. The number of halogens is 3. The quantitative estimate of drug-likeness (QED) is 0.797. The van der Waals surface area contributed by atoms with E-state index in [9.17, 15) is 18.3 Å². The zero-order chi connectivity index (χ0) is 12.7. The molecule has 1 unspecified atom stereocenters. The van der Waals surface area contributed by atoms with Gasteiger partial charge in [-0.1, -0.05) is 6.07 Å². The lowest BCUT2D eigenvalue weighted by molar-refractivity contribution is -0.137. The third kappa shape index (κ3) is 2.39. The molecule has 2 nitrogen and oxygen atoms in total. The Hall–Kier alpha value is -1.23. The monoisotopic (exact) mass is 245 g/mol. The minimum absolute atomic E-state index is 0.0946. The van der Waals surface area contributed by atoms with E-state index in [-0.39, 0.29) is 6.61 Å². The van der Waals surface area contributed by atoms with Crippen molar-refractivity contribution < 1.29 is 18.3 Å². The minimum atomic E-state index is -4.33. The lowest BCUT2D eigenvalue weighted by Crippen LogP contribution is -2.42. The maximum Gasteiger partial charge on any atom is 0.416 e. The molecule has 0 aliphatic carbocycles. The molecule has 0 saturated carbocycles. The predicted molar refractivity (Wildman–Crippen MR) is 58.9 cm³/mol. The van der Waals surface area contributed by atoms with Gasteiger partial charge in [-0.15, -0.1) is 0 Å². The lowest BCUT2D eigenvalue weighted by Gasteiger charge is -2.35. The van der Waals surface area contributed by atoms with Crippen LogP contribution in [0.25, 0.3) is 0 Å². The summed E-state index contributed by atoms with van der Waals surface area (Å²) in [5.74, 6) is 0. The molecule has 0 amide bonds. The van der Waals surface area contributed by atoms with Crippen LogP contribution in [0.3, 0.4) is 0 Å². The number of nitrogens with one attached hydrogen (secondary N) is 1. The van der Waals surface area contributed by atoms with Gasteiger partial charge in [-0.05, 0) is 37.5 Å². The molecule has 2 rings (SSSR count). The van der Waals surface area contributed by atoms with Gasteiger partial charge in [0.2, 0.25) is 0 Å². The van der Waals surface area contributed by atoms with Crippen molar-refractivity contribution in [1.82, 2.24) is 0 Å². The van der Waals surface area contributed by atoms with Gasteiger partial charge in [-0.3, -0.25) is 0 Å². The molecule has 0 saturated heterocycles. The number of alkyl halides is 3. The van der Waals surface area contributed by atoms with E-state index in [4.69, 9.17) is 0 Å². The molecule has 1 aromatic rings. The topological polar surface area (TPSA) is 32.3 Å². The number of hydrogen-bond donors (Lipinski definition) is 2. The Morgan fingerprint density at radius 1 is 1.41 bits per heavy atom. The summed E-state index contributed by atoms with van der Waals surface area (Å²) >= 11 is 0. The van der Waals surface area contributed by atoms with E-state index < -0.39 is 17.3 Å². The SMILES string of the molecule is CC1(CO)CCc2ccc(C(F)(F)F)cc2N1. The van der Waals surface area contributed by atoms with Crippen molar-refractivity contribution in [3.63, 3.8) is 0 Å². The first-order valence-corrected chi connectivity index (χ1v) is 5.43. The van der Waals surface area contributed by atoms with Crippen LogP contribution in [0.15, 0.2) is 18.2 Å². The first-order valence-electron chi connectivity index (χ1n) is 5.43. The van der Waals surface area contributed by atoms with Gasteiger partial charge in [-0.2, -0.15) is 13.2 Å². The molecule has 1 atom stereocenters. The summed E-state index contributed by atoms with van der Waals surface area (Å²) in [6.07, 6.45) is -2.94. The molecule has 0 spiro atoms. The van der Waals surface area contributed by atoms with Crippen molar-refractivity contribution in [3.8, 4) is 0 Å². The van der Waals surface area contributed by atoms with E-state index >= 15 is 0 Å². The fourth-order valence-electron chi connectivity index (χ4n) is 2.00. The average Bonchev–Trinajstić information content (AvgIpc) is 2.27. The van der Waals surface area contributed by atoms with Crippen LogP contribution in [0.1, 0.15) is 24.5 Å². The molecule has 0 aromatic heterocycles. The van der Waals surface area contributed by atoms with Crippen LogP contribution in [0, 0.1) is 0 Å². The third-order valence-corrected chi connectivity index (χ3v) is 3.17. The third-order valence-electron chi connectivity index (χ3n) is 3.17. The van der Waals surface area contributed by atoms with Crippen LogP contribution >= 0.6 is 0 Å². The summed E-state index contributed by atoms with van der Waals surface area (Å²) in [5.41, 5.74) is 0.148. The normalized spacial score (nSPS) is 24.1. The molecular weight excluding hydrogens is 231 g/mol. The van der Waals surface area contributed by atoms with E-state index in [0.29, 0.717) is 18.5 Å². The van der Waals surface area contributed by atoms with Crippen LogP contribution in [0.4, 0.5) is 18.9 Å². The highest BCUT2D eigenvalue weighted by Crippen LogP contribution is 2.36. The second kappa shape index (κ2) is 3.91. The van der Waals surface area contributed by atoms with Crippen molar-refractivity contribution in [2.45, 2.75) is 31.5 Å². The number of aryl methyl sites for hydroxylation is 1. The van der Waals surface area contributed by atoms with Gasteiger partial charge < -0.3 is 10.4 Å².